The Labute approximate surface area is 186 Å². The van der Waals surface area contributed by atoms with Crippen molar-refractivity contribution in [3.63, 3.8) is 0 Å². The molecule has 1 saturated heterocycles. The highest BCUT2D eigenvalue weighted by Crippen LogP contribution is 2.28. The fourth-order valence-electron chi connectivity index (χ4n) is 4.19. The molecule has 0 radical (unpaired) electrons. The summed E-state index contributed by atoms with van der Waals surface area (Å²) in [7, 11) is 2.21. The standard InChI is InChI=1S/C27H35N3O/c1-21(2)20-31-26-11-9-23(10-12-26)19-30-25(17-22-7-5-4-6-8-22)18-27(28-30)24-13-15-29(3)16-14-24/h4-12,18,21,24H,13-17,19-20H2,1-3H3. The number of aromatic nitrogens is 2. The summed E-state index contributed by atoms with van der Waals surface area (Å²) in [6.07, 6.45) is 3.30. The molecule has 1 aliphatic rings. The molecule has 2 heterocycles. The van der Waals surface area contributed by atoms with Crippen molar-refractivity contribution in [2.45, 2.75) is 45.6 Å². The maximum absolute atomic E-state index is 5.84. The van der Waals surface area contributed by atoms with E-state index in [0.29, 0.717) is 11.8 Å². The van der Waals surface area contributed by atoms with Crippen molar-refractivity contribution in [2.75, 3.05) is 26.7 Å². The SMILES string of the molecule is CC(C)COc1ccc(Cn2nc(C3CCN(C)CC3)cc2Cc2ccccc2)cc1. The molecular weight excluding hydrogens is 382 g/mol. The molecule has 0 atom stereocenters. The van der Waals surface area contributed by atoms with Crippen LogP contribution in [0.25, 0.3) is 0 Å². The molecule has 0 amide bonds. The van der Waals surface area contributed by atoms with Gasteiger partial charge in [0.15, 0.2) is 0 Å². The van der Waals surface area contributed by atoms with Crippen LogP contribution in [-0.2, 0) is 13.0 Å². The molecule has 4 heteroatoms. The van der Waals surface area contributed by atoms with Gasteiger partial charge in [0.25, 0.3) is 0 Å². The van der Waals surface area contributed by atoms with Gasteiger partial charge in [0.1, 0.15) is 5.75 Å². The molecule has 1 fully saturated rings. The second kappa shape index (κ2) is 10.1. The fourth-order valence-corrected chi connectivity index (χ4v) is 4.19. The highest BCUT2D eigenvalue weighted by molar-refractivity contribution is 5.29. The van der Waals surface area contributed by atoms with Gasteiger partial charge in [-0.25, -0.2) is 0 Å². The van der Waals surface area contributed by atoms with Crippen molar-refractivity contribution in [1.82, 2.24) is 14.7 Å². The molecule has 4 rings (SSSR count). The topological polar surface area (TPSA) is 30.3 Å². The van der Waals surface area contributed by atoms with E-state index in [1.807, 2.05) is 0 Å². The van der Waals surface area contributed by atoms with Crippen LogP contribution in [0.15, 0.2) is 60.7 Å². The third-order valence-corrected chi connectivity index (χ3v) is 6.09. The molecule has 2 aromatic carbocycles. The lowest BCUT2D eigenvalue weighted by molar-refractivity contribution is 0.253. The first-order valence-corrected chi connectivity index (χ1v) is 11.6. The van der Waals surface area contributed by atoms with Crippen LogP contribution in [0.2, 0.25) is 0 Å². The summed E-state index contributed by atoms with van der Waals surface area (Å²) in [5.41, 5.74) is 5.14. The van der Waals surface area contributed by atoms with E-state index in [9.17, 15) is 0 Å². The van der Waals surface area contributed by atoms with E-state index in [-0.39, 0.29) is 0 Å². The molecular formula is C27H35N3O. The highest BCUT2D eigenvalue weighted by atomic mass is 16.5. The molecule has 0 spiro atoms. The minimum Gasteiger partial charge on any atom is -0.493 e. The second-order valence-electron chi connectivity index (χ2n) is 9.31. The average Bonchev–Trinajstić information content (AvgIpc) is 3.16. The Bertz CT molecular complexity index is 938. The van der Waals surface area contributed by atoms with E-state index in [1.165, 1.54) is 35.4 Å². The Hall–Kier alpha value is -2.59. The Morgan fingerprint density at radius 1 is 0.968 bits per heavy atom. The maximum atomic E-state index is 5.84. The fraction of sp³-hybridized carbons (Fsp3) is 0.444. The smallest absolute Gasteiger partial charge is 0.119 e. The molecule has 3 aromatic rings. The van der Waals surface area contributed by atoms with Gasteiger partial charge in [-0.3, -0.25) is 4.68 Å². The molecule has 164 valence electrons. The summed E-state index contributed by atoms with van der Waals surface area (Å²) in [6, 6.07) is 21.6. The lowest BCUT2D eigenvalue weighted by atomic mass is 9.93. The van der Waals surface area contributed by atoms with Crippen LogP contribution >= 0.6 is 0 Å². The van der Waals surface area contributed by atoms with Gasteiger partial charge in [-0.15, -0.1) is 0 Å². The molecule has 0 N–H and O–H groups in total. The van der Waals surface area contributed by atoms with E-state index in [0.717, 1.165) is 38.4 Å². The van der Waals surface area contributed by atoms with Crippen LogP contribution in [0, 0.1) is 5.92 Å². The minimum atomic E-state index is 0.530. The summed E-state index contributed by atoms with van der Waals surface area (Å²) in [5.74, 6) is 2.04. The van der Waals surface area contributed by atoms with E-state index in [4.69, 9.17) is 9.84 Å². The number of ether oxygens (including phenoxy) is 1. The number of nitrogens with zero attached hydrogens (tertiary/aromatic N) is 3. The Morgan fingerprint density at radius 3 is 2.35 bits per heavy atom. The molecule has 31 heavy (non-hydrogen) atoms. The van der Waals surface area contributed by atoms with Crippen LogP contribution < -0.4 is 4.74 Å². The summed E-state index contributed by atoms with van der Waals surface area (Å²) in [6.45, 7) is 8.19. The van der Waals surface area contributed by atoms with Crippen LogP contribution in [0.5, 0.6) is 5.75 Å². The van der Waals surface area contributed by atoms with Crippen molar-refractivity contribution in [1.29, 1.82) is 0 Å². The first-order chi connectivity index (χ1) is 15.1. The van der Waals surface area contributed by atoms with Crippen molar-refractivity contribution in [2.24, 2.45) is 5.92 Å². The largest absolute Gasteiger partial charge is 0.493 e. The predicted molar refractivity (Wildman–Crippen MR) is 127 cm³/mol. The molecule has 0 saturated carbocycles. The predicted octanol–water partition coefficient (Wildman–Crippen LogP) is 5.37. The van der Waals surface area contributed by atoms with Gasteiger partial charge >= 0.3 is 0 Å². The van der Waals surface area contributed by atoms with E-state index in [1.54, 1.807) is 0 Å². The first kappa shape index (κ1) is 21.6. The van der Waals surface area contributed by atoms with Crippen molar-refractivity contribution in [3.8, 4) is 5.75 Å². The monoisotopic (exact) mass is 417 g/mol. The van der Waals surface area contributed by atoms with Gasteiger partial charge in [0, 0.05) is 18.0 Å². The van der Waals surface area contributed by atoms with E-state index >= 15 is 0 Å². The third-order valence-electron chi connectivity index (χ3n) is 6.09. The first-order valence-electron chi connectivity index (χ1n) is 11.6. The number of hydrogen-bond acceptors (Lipinski definition) is 3. The summed E-state index contributed by atoms with van der Waals surface area (Å²) in [4.78, 5) is 2.42. The number of rotatable bonds is 8. The van der Waals surface area contributed by atoms with Crippen LogP contribution in [0.3, 0.4) is 0 Å². The van der Waals surface area contributed by atoms with Gasteiger partial charge in [0.05, 0.1) is 18.8 Å². The molecule has 1 aromatic heterocycles. The lowest BCUT2D eigenvalue weighted by Gasteiger charge is -2.27. The van der Waals surface area contributed by atoms with Gasteiger partial charge in [-0.1, -0.05) is 56.3 Å². The van der Waals surface area contributed by atoms with Crippen LogP contribution in [-0.4, -0.2) is 41.4 Å². The zero-order valence-electron chi connectivity index (χ0n) is 19.1. The van der Waals surface area contributed by atoms with E-state index < -0.39 is 0 Å². The van der Waals surface area contributed by atoms with Crippen LogP contribution in [0.4, 0.5) is 0 Å². The highest BCUT2D eigenvalue weighted by Gasteiger charge is 2.22. The summed E-state index contributed by atoms with van der Waals surface area (Å²) in [5, 5.41) is 5.10. The third kappa shape index (κ3) is 5.98. The van der Waals surface area contributed by atoms with Crippen LogP contribution in [0.1, 0.15) is 55.1 Å². The minimum absolute atomic E-state index is 0.530. The van der Waals surface area contributed by atoms with Gasteiger partial charge in [-0.05, 0) is 68.2 Å². The number of piperidine rings is 1. The van der Waals surface area contributed by atoms with Gasteiger partial charge in [0.2, 0.25) is 0 Å². The molecule has 0 unspecified atom stereocenters. The van der Waals surface area contributed by atoms with E-state index in [2.05, 4.69) is 91.1 Å². The molecule has 4 nitrogen and oxygen atoms in total. The molecule has 0 bridgehead atoms. The second-order valence-corrected chi connectivity index (χ2v) is 9.31. The van der Waals surface area contributed by atoms with Gasteiger partial charge < -0.3 is 9.64 Å². The number of likely N-dealkylation sites (tertiary alicyclic amines) is 1. The van der Waals surface area contributed by atoms with Crippen molar-refractivity contribution < 1.29 is 4.74 Å². The lowest BCUT2D eigenvalue weighted by Crippen LogP contribution is -2.29. The Balaban J connectivity index is 1.53. The van der Waals surface area contributed by atoms with Gasteiger partial charge in [-0.2, -0.15) is 5.10 Å². The summed E-state index contributed by atoms with van der Waals surface area (Å²) < 4.78 is 8.05. The zero-order valence-corrected chi connectivity index (χ0v) is 19.1. The van der Waals surface area contributed by atoms with Crippen molar-refractivity contribution in [3.05, 3.63) is 83.2 Å². The quantitative estimate of drug-likeness (QED) is 0.494. The Kier molecular flexibility index (Phi) is 7.08. The molecule has 1 aliphatic heterocycles. The maximum Gasteiger partial charge on any atom is 0.119 e. The molecule has 0 aliphatic carbocycles. The Morgan fingerprint density at radius 2 is 1.68 bits per heavy atom. The normalized spacial score (nSPS) is 15.5. The number of hydrogen-bond donors (Lipinski definition) is 0. The zero-order chi connectivity index (χ0) is 21.6. The summed E-state index contributed by atoms with van der Waals surface area (Å²) >= 11 is 0. The average molecular weight is 418 g/mol. The van der Waals surface area contributed by atoms with Crippen molar-refractivity contribution >= 4 is 0 Å². The number of benzene rings is 2.